The van der Waals surface area contributed by atoms with E-state index >= 15 is 0 Å². The predicted molar refractivity (Wildman–Crippen MR) is 89.4 cm³/mol. The maximum Gasteiger partial charge on any atom is -0.0187 e. The third-order valence-electron chi connectivity index (χ3n) is 3.65. The topological polar surface area (TPSA) is 0 Å². The second kappa shape index (κ2) is 7.49. The van der Waals surface area contributed by atoms with Gasteiger partial charge in [-0.25, -0.2) is 0 Å². The summed E-state index contributed by atoms with van der Waals surface area (Å²) in [6, 6.07) is 10.6. The molecule has 0 bridgehead atoms. The molecular weight excluding hydrogens is 240 g/mol. The maximum absolute atomic E-state index is 3.88. The Hall–Kier alpha value is -2.08. The van der Waals surface area contributed by atoms with Crippen LogP contribution in [0.15, 0.2) is 85.5 Å². The highest BCUT2D eigenvalue weighted by molar-refractivity contribution is 5.74. The van der Waals surface area contributed by atoms with Gasteiger partial charge >= 0.3 is 0 Å². The molecule has 0 saturated heterocycles. The van der Waals surface area contributed by atoms with Crippen molar-refractivity contribution >= 4 is 5.57 Å². The van der Waals surface area contributed by atoms with E-state index in [4.69, 9.17) is 0 Å². The molecule has 1 aromatic carbocycles. The Labute approximate surface area is 122 Å². The first kappa shape index (κ1) is 14.3. The molecule has 0 radical (unpaired) electrons. The minimum absolute atomic E-state index is 0.580. The van der Waals surface area contributed by atoms with E-state index in [1.165, 1.54) is 23.1 Å². The van der Waals surface area contributed by atoms with Gasteiger partial charge in [0.1, 0.15) is 0 Å². The molecular formula is C20H22. The summed E-state index contributed by atoms with van der Waals surface area (Å²) in [5.74, 6) is 0.580. The molecule has 0 fully saturated rings. The molecule has 0 saturated carbocycles. The van der Waals surface area contributed by atoms with Crippen molar-refractivity contribution in [3.63, 3.8) is 0 Å². The SMILES string of the molecule is C=CC=C(C=C)CC1C=CC(c2ccccc2)=CCC1. The first-order valence-corrected chi connectivity index (χ1v) is 7.21. The van der Waals surface area contributed by atoms with E-state index in [1.807, 2.05) is 12.2 Å². The summed E-state index contributed by atoms with van der Waals surface area (Å²) in [6.45, 7) is 7.64. The molecule has 0 aromatic heterocycles. The van der Waals surface area contributed by atoms with Gasteiger partial charge in [-0.3, -0.25) is 0 Å². The minimum Gasteiger partial charge on any atom is -0.0991 e. The van der Waals surface area contributed by atoms with Crippen LogP contribution in [-0.2, 0) is 0 Å². The van der Waals surface area contributed by atoms with Crippen molar-refractivity contribution in [3.8, 4) is 0 Å². The van der Waals surface area contributed by atoms with E-state index in [9.17, 15) is 0 Å². The maximum atomic E-state index is 3.88. The van der Waals surface area contributed by atoms with Crippen LogP contribution in [0, 0.1) is 5.92 Å². The van der Waals surface area contributed by atoms with Gasteiger partial charge in [0.2, 0.25) is 0 Å². The molecule has 1 aromatic rings. The Morgan fingerprint density at radius 3 is 2.70 bits per heavy atom. The van der Waals surface area contributed by atoms with E-state index < -0.39 is 0 Å². The lowest BCUT2D eigenvalue weighted by Gasteiger charge is -2.10. The van der Waals surface area contributed by atoms with Gasteiger partial charge < -0.3 is 0 Å². The smallest absolute Gasteiger partial charge is 0.0187 e. The van der Waals surface area contributed by atoms with E-state index in [0.29, 0.717) is 5.92 Å². The highest BCUT2D eigenvalue weighted by Crippen LogP contribution is 2.27. The van der Waals surface area contributed by atoms with Gasteiger partial charge in [-0.1, -0.05) is 79.9 Å². The Bertz CT molecular complexity index is 541. The molecule has 0 spiro atoms. The fourth-order valence-electron chi connectivity index (χ4n) is 2.55. The highest BCUT2D eigenvalue weighted by Gasteiger charge is 2.09. The quantitative estimate of drug-likeness (QED) is 0.595. The van der Waals surface area contributed by atoms with Crippen molar-refractivity contribution in [2.24, 2.45) is 5.92 Å². The number of benzene rings is 1. The largest absolute Gasteiger partial charge is 0.0991 e. The summed E-state index contributed by atoms with van der Waals surface area (Å²) in [4.78, 5) is 0. The minimum atomic E-state index is 0.580. The Morgan fingerprint density at radius 2 is 2.00 bits per heavy atom. The van der Waals surface area contributed by atoms with Crippen LogP contribution < -0.4 is 0 Å². The van der Waals surface area contributed by atoms with Crippen molar-refractivity contribution in [3.05, 3.63) is 91.1 Å². The van der Waals surface area contributed by atoms with E-state index in [0.717, 1.165) is 12.8 Å². The highest BCUT2D eigenvalue weighted by atomic mass is 14.1. The van der Waals surface area contributed by atoms with Gasteiger partial charge in [0.05, 0.1) is 0 Å². The molecule has 1 unspecified atom stereocenters. The standard InChI is InChI=1S/C20H22/c1-3-9-17(4-2)16-18-10-8-13-20(15-14-18)19-11-6-5-7-12-19/h3-7,9,11-15,18H,1-2,8,10,16H2. The van der Waals surface area contributed by atoms with Crippen LogP contribution in [0.3, 0.4) is 0 Å². The van der Waals surface area contributed by atoms with Crippen LogP contribution in [0.2, 0.25) is 0 Å². The van der Waals surface area contributed by atoms with Gasteiger partial charge in [-0.2, -0.15) is 0 Å². The molecule has 2 rings (SSSR count). The van der Waals surface area contributed by atoms with E-state index in [1.54, 1.807) is 0 Å². The predicted octanol–water partition coefficient (Wildman–Crippen LogP) is 5.72. The first-order valence-electron chi connectivity index (χ1n) is 7.21. The Morgan fingerprint density at radius 1 is 1.20 bits per heavy atom. The summed E-state index contributed by atoms with van der Waals surface area (Å²) < 4.78 is 0. The summed E-state index contributed by atoms with van der Waals surface area (Å²) in [6.07, 6.45) is 16.1. The first-order chi connectivity index (χ1) is 9.83. The zero-order chi connectivity index (χ0) is 14.2. The molecule has 0 nitrogen and oxygen atoms in total. The zero-order valence-corrected chi connectivity index (χ0v) is 12.0. The molecule has 0 amide bonds. The van der Waals surface area contributed by atoms with Crippen LogP contribution in [0.1, 0.15) is 24.8 Å². The normalized spacial score (nSPS) is 19.1. The molecule has 0 heterocycles. The number of rotatable bonds is 5. The average molecular weight is 262 g/mol. The second-order valence-corrected chi connectivity index (χ2v) is 5.11. The average Bonchev–Trinajstić information content (AvgIpc) is 2.73. The molecule has 1 aliphatic rings. The fraction of sp³-hybridized carbons (Fsp3) is 0.200. The summed E-state index contributed by atoms with van der Waals surface area (Å²) >= 11 is 0. The molecule has 102 valence electrons. The van der Waals surface area contributed by atoms with Gasteiger partial charge in [-0.05, 0) is 41.9 Å². The number of hydrogen-bond acceptors (Lipinski definition) is 0. The molecule has 0 heteroatoms. The van der Waals surface area contributed by atoms with Crippen molar-refractivity contribution < 1.29 is 0 Å². The second-order valence-electron chi connectivity index (χ2n) is 5.11. The van der Waals surface area contributed by atoms with Gasteiger partial charge in [0.25, 0.3) is 0 Å². The van der Waals surface area contributed by atoms with E-state index in [-0.39, 0.29) is 0 Å². The van der Waals surface area contributed by atoms with Crippen LogP contribution in [-0.4, -0.2) is 0 Å². The van der Waals surface area contributed by atoms with Crippen molar-refractivity contribution in [2.75, 3.05) is 0 Å². The van der Waals surface area contributed by atoms with Crippen LogP contribution in [0.4, 0.5) is 0 Å². The van der Waals surface area contributed by atoms with Crippen molar-refractivity contribution in [1.29, 1.82) is 0 Å². The Kier molecular flexibility index (Phi) is 5.37. The molecule has 0 aliphatic heterocycles. The molecule has 20 heavy (non-hydrogen) atoms. The molecule has 0 N–H and O–H groups in total. The van der Waals surface area contributed by atoms with Crippen LogP contribution in [0.5, 0.6) is 0 Å². The lowest BCUT2D eigenvalue weighted by Crippen LogP contribution is -1.96. The number of allylic oxidation sites excluding steroid dienone is 8. The van der Waals surface area contributed by atoms with Crippen molar-refractivity contribution in [2.45, 2.75) is 19.3 Å². The van der Waals surface area contributed by atoms with Crippen LogP contribution in [0.25, 0.3) is 5.57 Å². The fourth-order valence-corrected chi connectivity index (χ4v) is 2.55. The van der Waals surface area contributed by atoms with Gasteiger partial charge in [-0.15, -0.1) is 0 Å². The third-order valence-corrected chi connectivity index (χ3v) is 3.65. The summed E-state index contributed by atoms with van der Waals surface area (Å²) in [5.41, 5.74) is 3.90. The van der Waals surface area contributed by atoms with Gasteiger partial charge in [0.15, 0.2) is 0 Å². The van der Waals surface area contributed by atoms with E-state index in [2.05, 4.69) is 67.8 Å². The zero-order valence-electron chi connectivity index (χ0n) is 12.0. The van der Waals surface area contributed by atoms with Crippen LogP contribution >= 0.6 is 0 Å². The number of hydrogen-bond donors (Lipinski definition) is 0. The summed E-state index contributed by atoms with van der Waals surface area (Å²) in [7, 11) is 0. The Balaban J connectivity index is 2.08. The van der Waals surface area contributed by atoms with Gasteiger partial charge in [0, 0.05) is 0 Å². The third kappa shape index (κ3) is 3.96. The van der Waals surface area contributed by atoms with Crippen molar-refractivity contribution in [1.82, 2.24) is 0 Å². The molecule has 1 atom stereocenters. The monoisotopic (exact) mass is 262 g/mol. The lowest BCUT2D eigenvalue weighted by molar-refractivity contribution is 0.600. The molecule has 1 aliphatic carbocycles. The lowest BCUT2D eigenvalue weighted by atomic mass is 9.95. The summed E-state index contributed by atoms with van der Waals surface area (Å²) in [5, 5.41) is 0.